The largest absolute Gasteiger partial charge is 0.480 e. The van der Waals surface area contributed by atoms with Crippen LogP contribution >= 0.6 is 11.6 Å². The van der Waals surface area contributed by atoms with E-state index in [-0.39, 0.29) is 53.1 Å². The van der Waals surface area contributed by atoms with Crippen LogP contribution in [-0.2, 0) is 14.4 Å². The lowest BCUT2D eigenvalue weighted by molar-refractivity contribution is -0.152. The molecule has 1 saturated heterocycles. The first-order valence-electron chi connectivity index (χ1n) is 11.2. The van der Waals surface area contributed by atoms with Crippen LogP contribution < -0.4 is 15.8 Å². The van der Waals surface area contributed by atoms with Crippen molar-refractivity contribution in [1.82, 2.24) is 14.8 Å². The third kappa shape index (κ3) is 5.56. The molecule has 1 aliphatic rings. The van der Waals surface area contributed by atoms with Gasteiger partial charge in [0, 0.05) is 25.0 Å². The number of hydrogen-bond acceptors (Lipinski definition) is 6. The van der Waals surface area contributed by atoms with E-state index < -0.39 is 29.6 Å². The highest BCUT2D eigenvalue weighted by Crippen LogP contribution is 2.31. The molecule has 0 unspecified atom stereocenters. The molecule has 0 bridgehead atoms. The van der Waals surface area contributed by atoms with E-state index in [0.29, 0.717) is 5.56 Å². The molecule has 1 aliphatic heterocycles. The zero-order chi connectivity index (χ0) is 26.7. The number of benzene rings is 1. The van der Waals surface area contributed by atoms with Gasteiger partial charge in [-0.1, -0.05) is 31.5 Å². The monoisotopic (exact) mass is 519 g/mol. The summed E-state index contributed by atoms with van der Waals surface area (Å²) in [6.45, 7) is 5.46. The van der Waals surface area contributed by atoms with Crippen molar-refractivity contribution in [3.05, 3.63) is 52.4 Å². The number of pyridine rings is 1. The van der Waals surface area contributed by atoms with Crippen molar-refractivity contribution in [2.45, 2.75) is 32.9 Å². The molecular formula is C24H27ClFN5O5. The van der Waals surface area contributed by atoms with Crippen LogP contribution in [-0.4, -0.2) is 64.7 Å². The third-order valence-electron chi connectivity index (χ3n) is 5.87. The number of ether oxygens (including phenoxy) is 1. The number of piperazine rings is 1. The second-order valence-electron chi connectivity index (χ2n) is 8.74. The van der Waals surface area contributed by atoms with Gasteiger partial charge in [0.15, 0.2) is 0 Å². The van der Waals surface area contributed by atoms with Crippen molar-refractivity contribution in [3.8, 4) is 5.88 Å². The third-order valence-corrected chi connectivity index (χ3v) is 6.16. The highest BCUT2D eigenvalue weighted by Gasteiger charge is 2.40. The van der Waals surface area contributed by atoms with E-state index in [0.717, 1.165) is 0 Å². The first-order valence-corrected chi connectivity index (χ1v) is 11.5. The van der Waals surface area contributed by atoms with E-state index in [2.05, 4.69) is 10.3 Å². The Morgan fingerprint density at radius 3 is 2.47 bits per heavy atom. The molecule has 2 aromatic rings. The molecule has 0 radical (unpaired) electrons. The summed E-state index contributed by atoms with van der Waals surface area (Å²) in [5.41, 5.74) is 5.79. The smallest absolute Gasteiger partial charge is 0.313 e. The predicted molar refractivity (Wildman–Crippen MR) is 130 cm³/mol. The fraction of sp³-hybridized carbons (Fsp3) is 0.375. The number of nitrogens with two attached hydrogens (primary N) is 1. The summed E-state index contributed by atoms with van der Waals surface area (Å²) in [7, 11) is 1.31. The molecule has 2 heterocycles. The maximum atomic E-state index is 13.8. The van der Waals surface area contributed by atoms with Crippen LogP contribution in [0.3, 0.4) is 0 Å². The Morgan fingerprint density at radius 1 is 1.19 bits per heavy atom. The van der Waals surface area contributed by atoms with Crippen molar-refractivity contribution in [1.29, 1.82) is 0 Å². The Bertz CT molecular complexity index is 1210. The number of methoxy groups -OCH3 is 1. The van der Waals surface area contributed by atoms with Gasteiger partial charge in [0.05, 0.1) is 30.1 Å². The normalized spacial score (nSPS) is 17.6. The summed E-state index contributed by atoms with van der Waals surface area (Å²) in [6, 6.07) is 4.12. The standard InChI is InChI=1S/C24H27ClFN5O5/c1-12(2)23(34)30-11-19(14-5-6-18(26)17(25)7-14)31(10-13(30)3)24(35)21(33)29-15-8-16(20(27)32)22(36-4)28-9-15/h5-9,12-13,19H,10-11H2,1-4H3,(H2,27,32)(H,29,33)/t13-,19-/m1/s1. The van der Waals surface area contributed by atoms with Crippen molar-refractivity contribution in [2.24, 2.45) is 11.7 Å². The Morgan fingerprint density at radius 2 is 1.89 bits per heavy atom. The van der Waals surface area contributed by atoms with Crippen LogP contribution in [0.25, 0.3) is 0 Å². The van der Waals surface area contributed by atoms with E-state index in [1.807, 2.05) is 0 Å². The number of aromatic nitrogens is 1. The van der Waals surface area contributed by atoms with Gasteiger partial charge in [-0.05, 0) is 30.7 Å². The minimum absolute atomic E-state index is 0.0279. The molecule has 0 spiro atoms. The molecule has 4 amide bonds. The van der Waals surface area contributed by atoms with Gasteiger partial charge in [0.2, 0.25) is 11.8 Å². The number of carbonyl (C=O) groups is 4. The summed E-state index contributed by atoms with van der Waals surface area (Å²) < 4.78 is 18.8. The van der Waals surface area contributed by atoms with Crippen molar-refractivity contribution < 1.29 is 28.3 Å². The van der Waals surface area contributed by atoms with Gasteiger partial charge in [-0.3, -0.25) is 19.2 Å². The number of halogens is 2. The summed E-state index contributed by atoms with van der Waals surface area (Å²) in [4.78, 5) is 57.6. The SMILES string of the molecule is COc1ncc(NC(=O)C(=O)N2C[C@@H](C)N(C(=O)C(C)C)C[C@@H]2c2ccc(F)c(Cl)c2)cc1C(N)=O. The maximum Gasteiger partial charge on any atom is 0.313 e. The molecule has 10 nitrogen and oxygen atoms in total. The van der Waals surface area contributed by atoms with Gasteiger partial charge in [-0.2, -0.15) is 0 Å². The van der Waals surface area contributed by atoms with Gasteiger partial charge in [-0.25, -0.2) is 9.37 Å². The Kier molecular flexibility index (Phi) is 8.13. The summed E-state index contributed by atoms with van der Waals surface area (Å²) in [5.74, 6) is -3.76. The highest BCUT2D eigenvalue weighted by molar-refractivity contribution is 6.39. The quantitative estimate of drug-likeness (QED) is 0.582. The van der Waals surface area contributed by atoms with Crippen molar-refractivity contribution in [3.63, 3.8) is 0 Å². The summed E-state index contributed by atoms with van der Waals surface area (Å²) in [5, 5.41) is 2.28. The lowest BCUT2D eigenvalue weighted by Crippen LogP contribution is -2.59. The topological polar surface area (TPSA) is 135 Å². The molecule has 0 saturated carbocycles. The van der Waals surface area contributed by atoms with Crippen molar-refractivity contribution >= 4 is 40.9 Å². The lowest BCUT2D eigenvalue weighted by Gasteiger charge is -2.45. The van der Waals surface area contributed by atoms with Crippen LogP contribution in [0.15, 0.2) is 30.5 Å². The number of rotatable bonds is 5. The molecule has 3 N–H and O–H groups in total. The number of primary amides is 1. The maximum absolute atomic E-state index is 13.8. The second-order valence-corrected chi connectivity index (χ2v) is 9.15. The molecule has 1 aromatic heterocycles. The molecule has 2 atom stereocenters. The molecule has 12 heteroatoms. The molecule has 3 rings (SSSR count). The molecule has 1 aromatic carbocycles. The predicted octanol–water partition coefficient (Wildman–Crippen LogP) is 2.38. The minimum atomic E-state index is -0.994. The highest BCUT2D eigenvalue weighted by atomic mass is 35.5. The average molecular weight is 520 g/mol. The number of nitrogens with zero attached hydrogens (tertiary/aromatic N) is 3. The first-order chi connectivity index (χ1) is 16.9. The van der Waals surface area contributed by atoms with Crippen molar-refractivity contribution in [2.75, 3.05) is 25.5 Å². The fourth-order valence-electron chi connectivity index (χ4n) is 4.02. The van der Waals surface area contributed by atoms with Gasteiger partial charge < -0.3 is 25.6 Å². The minimum Gasteiger partial charge on any atom is -0.480 e. The number of carbonyl (C=O) groups excluding carboxylic acids is 4. The second kappa shape index (κ2) is 10.9. The number of hydrogen-bond donors (Lipinski definition) is 2. The molecule has 36 heavy (non-hydrogen) atoms. The van der Waals surface area contributed by atoms with Gasteiger partial charge >= 0.3 is 11.8 Å². The molecule has 1 fully saturated rings. The number of amides is 4. The molecule has 192 valence electrons. The van der Waals surface area contributed by atoms with E-state index in [1.54, 1.807) is 25.7 Å². The van der Waals surface area contributed by atoms with Crippen LogP contribution in [0.4, 0.5) is 10.1 Å². The van der Waals surface area contributed by atoms with Gasteiger partial charge in [0.25, 0.3) is 5.91 Å². The number of anilines is 1. The van der Waals surface area contributed by atoms with Gasteiger partial charge in [-0.15, -0.1) is 0 Å². The van der Waals surface area contributed by atoms with E-state index in [9.17, 15) is 23.6 Å². The van der Waals surface area contributed by atoms with Crippen LogP contribution in [0, 0.1) is 11.7 Å². The Labute approximate surface area is 212 Å². The number of nitrogens with one attached hydrogen (secondary N) is 1. The van der Waals surface area contributed by atoms with Crippen LogP contribution in [0.5, 0.6) is 5.88 Å². The van der Waals surface area contributed by atoms with E-state index >= 15 is 0 Å². The van der Waals surface area contributed by atoms with E-state index in [1.165, 1.54) is 42.5 Å². The van der Waals surface area contributed by atoms with Crippen LogP contribution in [0.2, 0.25) is 5.02 Å². The zero-order valence-corrected chi connectivity index (χ0v) is 21.0. The Hall–Kier alpha value is -3.73. The first kappa shape index (κ1) is 26.9. The van der Waals surface area contributed by atoms with Gasteiger partial charge in [0.1, 0.15) is 11.4 Å². The molecule has 0 aliphatic carbocycles. The van der Waals surface area contributed by atoms with Crippen LogP contribution in [0.1, 0.15) is 42.7 Å². The summed E-state index contributed by atoms with van der Waals surface area (Å²) >= 11 is 5.98. The lowest BCUT2D eigenvalue weighted by atomic mass is 9.98. The van der Waals surface area contributed by atoms with E-state index in [4.69, 9.17) is 22.1 Å². The molecular weight excluding hydrogens is 493 g/mol. The zero-order valence-electron chi connectivity index (χ0n) is 20.2. The fourth-order valence-corrected chi connectivity index (χ4v) is 4.21. The summed E-state index contributed by atoms with van der Waals surface area (Å²) in [6.07, 6.45) is 1.22. The Balaban J connectivity index is 1.91. The average Bonchev–Trinajstić information content (AvgIpc) is 2.84.